The molecule has 2 aromatic carbocycles. The number of nitrogens with zero attached hydrogens (tertiary/aromatic N) is 2. The van der Waals surface area contributed by atoms with Crippen molar-refractivity contribution in [2.75, 3.05) is 62.8 Å². The second-order valence-electron chi connectivity index (χ2n) is 7.31. The minimum absolute atomic E-state index is 0.0335. The Labute approximate surface area is 210 Å². The zero-order chi connectivity index (χ0) is 23.3. The van der Waals surface area contributed by atoms with Gasteiger partial charge in [-0.15, -0.1) is 46.4 Å². The number of Topliss-reactive ketones (excluding diaryl/α,β-unsaturated/α-hetero) is 2. The highest BCUT2D eigenvalue weighted by Gasteiger charge is 2.14. The van der Waals surface area contributed by atoms with Crippen LogP contribution in [0.25, 0.3) is 11.1 Å². The molecule has 0 unspecified atom stereocenters. The summed E-state index contributed by atoms with van der Waals surface area (Å²) in [5.41, 5.74) is 3.25. The van der Waals surface area contributed by atoms with Gasteiger partial charge in [0.25, 0.3) is 0 Å². The van der Waals surface area contributed by atoms with E-state index in [0.717, 1.165) is 11.1 Å². The van der Waals surface area contributed by atoms with E-state index < -0.39 is 0 Å². The molecular weight excluding hydrogens is 490 g/mol. The molecular formula is C24H28Cl4N2O2. The number of halogens is 4. The van der Waals surface area contributed by atoms with Crippen molar-refractivity contribution in [2.24, 2.45) is 0 Å². The molecule has 8 heteroatoms. The summed E-state index contributed by atoms with van der Waals surface area (Å²) in [7, 11) is 0. The van der Waals surface area contributed by atoms with Crippen molar-refractivity contribution >= 4 is 58.0 Å². The molecule has 0 aliphatic carbocycles. The van der Waals surface area contributed by atoms with Crippen LogP contribution >= 0.6 is 46.4 Å². The van der Waals surface area contributed by atoms with Crippen molar-refractivity contribution in [3.05, 3.63) is 59.7 Å². The summed E-state index contributed by atoms with van der Waals surface area (Å²) in [6.45, 7) is 3.08. The van der Waals surface area contributed by atoms with E-state index in [1.165, 1.54) is 0 Å². The van der Waals surface area contributed by atoms with Crippen molar-refractivity contribution in [3.8, 4) is 11.1 Å². The second kappa shape index (κ2) is 14.9. The number of carbonyl (C=O) groups excluding carboxylic acids is 2. The zero-order valence-electron chi connectivity index (χ0n) is 17.9. The smallest absolute Gasteiger partial charge is 0.176 e. The quantitative estimate of drug-likeness (QED) is 0.238. The Morgan fingerprint density at radius 1 is 0.531 bits per heavy atom. The molecule has 0 amide bonds. The van der Waals surface area contributed by atoms with Gasteiger partial charge in [-0.05, 0) is 11.1 Å². The minimum Gasteiger partial charge on any atom is -0.293 e. The molecule has 0 aliphatic rings. The van der Waals surface area contributed by atoms with Crippen LogP contribution in [0.15, 0.2) is 48.5 Å². The third-order valence-electron chi connectivity index (χ3n) is 5.08. The summed E-state index contributed by atoms with van der Waals surface area (Å²) in [4.78, 5) is 29.0. The maximum atomic E-state index is 12.6. The number of hydrogen-bond acceptors (Lipinski definition) is 4. The zero-order valence-corrected chi connectivity index (χ0v) is 20.9. The molecule has 2 rings (SSSR count). The average molecular weight is 518 g/mol. The highest BCUT2D eigenvalue weighted by Crippen LogP contribution is 2.21. The van der Waals surface area contributed by atoms with Gasteiger partial charge >= 0.3 is 0 Å². The monoisotopic (exact) mass is 516 g/mol. The van der Waals surface area contributed by atoms with Crippen molar-refractivity contribution in [1.29, 1.82) is 0 Å². The third kappa shape index (κ3) is 8.66. The fourth-order valence-corrected chi connectivity index (χ4v) is 4.26. The lowest BCUT2D eigenvalue weighted by Gasteiger charge is -2.19. The van der Waals surface area contributed by atoms with E-state index in [1.807, 2.05) is 58.3 Å². The predicted molar refractivity (Wildman–Crippen MR) is 136 cm³/mol. The molecule has 0 fully saturated rings. The van der Waals surface area contributed by atoms with Gasteiger partial charge in [0.1, 0.15) is 0 Å². The summed E-state index contributed by atoms with van der Waals surface area (Å²) < 4.78 is 0. The Bertz CT molecular complexity index is 761. The maximum Gasteiger partial charge on any atom is 0.176 e. The normalized spacial score (nSPS) is 11.3. The molecule has 0 atom stereocenters. The first kappa shape index (κ1) is 27.1. The Balaban J connectivity index is 2.02. The molecule has 32 heavy (non-hydrogen) atoms. The van der Waals surface area contributed by atoms with E-state index in [4.69, 9.17) is 46.4 Å². The van der Waals surface area contributed by atoms with E-state index in [-0.39, 0.29) is 11.6 Å². The van der Waals surface area contributed by atoms with Crippen LogP contribution < -0.4 is 0 Å². The summed E-state index contributed by atoms with van der Waals surface area (Å²) in [6, 6.07) is 15.0. The van der Waals surface area contributed by atoms with E-state index in [0.29, 0.717) is 73.9 Å². The highest BCUT2D eigenvalue weighted by molar-refractivity contribution is 6.19. The first-order valence-corrected chi connectivity index (χ1v) is 12.6. The van der Waals surface area contributed by atoms with Gasteiger partial charge < -0.3 is 0 Å². The lowest BCUT2D eigenvalue weighted by atomic mass is 10.00. The van der Waals surface area contributed by atoms with Crippen LogP contribution in [0.2, 0.25) is 0 Å². The Morgan fingerprint density at radius 2 is 0.812 bits per heavy atom. The van der Waals surface area contributed by atoms with E-state index in [2.05, 4.69) is 0 Å². The molecule has 4 nitrogen and oxygen atoms in total. The Kier molecular flexibility index (Phi) is 12.6. The topological polar surface area (TPSA) is 40.6 Å². The van der Waals surface area contributed by atoms with E-state index in [1.54, 1.807) is 0 Å². The van der Waals surface area contributed by atoms with E-state index >= 15 is 0 Å². The maximum absolute atomic E-state index is 12.6. The summed E-state index contributed by atoms with van der Waals surface area (Å²) in [5.74, 6) is 1.90. The lowest BCUT2D eigenvalue weighted by molar-refractivity contribution is 0.0930. The molecule has 0 aromatic heterocycles. The van der Waals surface area contributed by atoms with E-state index in [9.17, 15) is 9.59 Å². The molecule has 0 saturated heterocycles. The second-order valence-corrected chi connectivity index (χ2v) is 8.82. The molecule has 0 radical (unpaired) electrons. The molecule has 0 saturated carbocycles. The highest BCUT2D eigenvalue weighted by atomic mass is 35.5. The van der Waals surface area contributed by atoms with Crippen molar-refractivity contribution in [1.82, 2.24) is 9.80 Å². The van der Waals surface area contributed by atoms with Gasteiger partial charge in [-0.25, -0.2) is 0 Å². The number of hydrogen-bond donors (Lipinski definition) is 0. The van der Waals surface area contributed by atoms with Gasteiger partial charge in [0.05, 0.1) is 13.1 Å². The summed E-state index contributed by atoms with van der Waals surface area (Å²) >= 11 is 23.2. The van der Waals surface area contributed by atoms with Crippen LogP contribution in [-0.2, 0) is 0 Å². The molecule has 0 heterocycles. The lowest BCUT2D eigenvalue weighted by Crippen LogP contribution is -2.33. The minimum atomic E-state index is 0.0335. The molecule has 0 aliphatic heterocycles. The average Bonchev–Trinajstić information content (AvgIpc) is 2.80. The standard InChI is InChI=1S/C24H28Cl4N2O2/c25-9-13-29(14-10-26)17-23(31)21-5-1-19(2-6-21)20-3-7-22(8-4-20)24(32)18-30(15-11-27)16-12-28/h1-8H,9-18H2. The Hall–Kier alpha value is -1.14. The first-order chi connectivity index (χ1) is 15.5. The summed E-state index contributed by atoms with van der Waals surface area (Å²) in [6.07, 6.45) is 0. The van der Waals surface area contributed by atoms with Crippen LogP contribution in [0.4, 0.5) is 0 Å². The van der Waals surface area contributed by atoms with Crippen LogP contribution in [0.5, 0.6) is 0 Å². The van der Waals surface area contributed by atoms with Gasteiger partial charge in [-0.1, -0.05) is 48.5 Å². The van der Waals surface area contributed by atoms with Gasteiger partial charge in [0.15, 0.2) is 11.6 Å². The number of benzene rings is 2. The van der Waals surface area contributed by atoms with Gasteiger partial charge in [-0.2, -0.15) is 0 Å². The van der Waals surface area contributed by atoms with Crippen molar-refractivity contribution in [2.45, 2.75) is 0 Å². The van der Waals surface area contributed by atoms with Crippen molar-refractivity contribution < 1.29 is 9.59 Å². The van der Waals surface area contributed by atoms with Gasteiger partial charge in [0, 0.05) is 60.8 Å². The third-order valence-corrected chi connectivity index (χ3v) is 5.76. The SMILES string of the molecule is O=C(CN(CCCl)CCCl)c1ccc(-c2ccc(C(=O)CN(CCCl)CCCl)cc2)cc1. The van der Waals surface area contributed by atoms with Gasteiger partial charge in [0.2, 0.25) is 0 Å². The fourth-order valence-electron chi connectivity index (χ4n) is 3.30. The first-order valence-electron chi connectivity index (χ1n) is 10.5. The summed E-state index contributed by atoms with van der Waals surface area (Å²) in [5, 5.41) is 0. The van der Waals surface area contributed by atoms with Crippen LogP contribution in [0.1, 0.15) is 20.7 Å². The molecule has 0 bridgehead atoms. The van der Waals surface area contributed by atoms with Gasteiger partial charge in [-0.3, -0.25) is 19.4 Å². The Morgan fingerprint density at radius 3 is 1.06 bits per heavy atom. The molecule has 174 valence electrons. The fraction of sp³-hybridized carbons (Fsp3) is 0.417. The van der Waals surface area contributed by atoms with Crippen LogP contribution in [0, 0.1) is 0 Å². The number of alkyl halides is 4. The predicted octanol–water partition coefficient (Wildman–Crippen LogP) is 5.28. The van der Waals surface area contributed by atoms with Crippen LogP contribution in [0.3, 0.4) is 0 Å². The molecule has 0 spiro atoms. The number of rotatable bonds is 15. The largest absolute Gasteiger partial charge is 0.293 e. The molecule has 2 aromatic rings. The van der Waals surface area contributed by atoms with Crippen molar-refractivity contribution in [3.63, 3.8) is 0 Å². The number of ketones is 2. The van der Waals surface area contributed by atoms with Crippen LogP contribution in [-0.4, -0.2) is 84.2 Å². The molecule has 0 N–H and O–H groups in total. The number of carbonyl (C=O) groups is 2.